The van der Waals surface area contributed by atoms with Crippen LogP contribution in [0.4, 0.5) is 60.2 Å². The number of aromatic nitrogens is 15. The minimum Gasteiger partial charge on any atom is -0.387 e. The highest BCUT2D eigenvalue weighted by Crippen LogP contribution is 2.46. The van der Waals surface area contributed by atoms with Gasteiger partial charge in [-0.2, -0.15) is 9.97 Å². The van der Waals surface area contributed by atoms with Crippen LogP contribution in [0.15, 0.2) is 147 Å². The third kappa shape index (κ3) is 19.8. The molecule has 0 spiro atoms. The zero-order valence-corrected chi connectivity index (χ0v) is 76.9. The fourth-order valence-corrected chi connectivity index (χ4v) is 18.3. The molecule has 37 nitrogen and oxygen atoms in total. The number of rotatable bonds is 15. The number of aliphatic hydroxyl groups is 15. The zero-order chi connectivity index (χ0) is 102. The van der Waals surface area contributed by atoms with Crippen LogP contribution in [0.2, 0.25) is 10.0 Å². The largest absolute Gasteiger partial charge is 0.387 e. The number of nitrogens with zero attached hydrogens (tertiary/aromatic N) is 15. The summed E-state index contributed by atoms with van der Waals surface area (Å²) in [7, 11) is 0. The van der Waals surface area contributed by atoms with Crippen LogP contribution >= 0.6 is 45.8 Å². The van der Waals surface area contributed by atoms with Crippen molar-refractivity contribution < 1.29 is 149 Å². The molecule has 0 aliphatic carbocycles. The molecule has 0 bridgehead atoms. The van der Waals surface area contributed by atoms with Crippen molar-refractivity contribution in [3.8, 4) is 0 Å². The lowest BCUT2D eigenvalue weighted by Crippen LogP contribution is -2.34. The maximum Gasteiger partial charge on any atom is 0.222 e. The summed E-state index contributed by atoms with van der Waals surface area (Å²) in [5, 5.41) is 158. The van der Waals surface area contributed by atoms with E-state index in [-0.39, 0.29) is 82.9 Å². The van der Waals surface area contributed by atoms with Crippen molar-refractivity contribution >= 4 is 113 Å². The number of hydrogen-bond donors (Lipinski definition) is 17. The van der Waals surface area contributed by atoms with Gasteiger partial charge >= 0.3 is 0 Å². The summed E-state index contributed by atoms with van der Waals surface area (Å²) in [6.45, 7) is 8.59. The van der Waals surface area contributed by atoms with E-state index in [4.69, 9.17) is 58.4 Å². The molecule has 5 fully saturated rings. The molecule has 5 aliphatic heterocycles. The molecule has 0 saturated carbocycles. The van der Waals surface area contributed by atoms with Gasteiger partial charge in [0.2, 0.25) is 11.9 Å². The van der Waals surface area contributed by atoms with Gasteiger partial charge in [-0.05, 0) is 152 Å². The Kier molecular flexibility index (Phi) is 29.9. The number of halogens is 14. The van der Waals surface area contributed by atoms with E-state index in [1.807, 2.05) is 13.8 Å². The number of anilines is 2. The van der Waals surface area contributed by atoms with E-state index in [0.29, 0.717) is 28.6 Å². The summed E-state index contributed by atoms with van der Waals surface area (Å²) in [6, 6.07) is 17.6. The van der Waals surface area contributed by atoms with Crippen molar-refractivity contribution in [2.24, 2.45) is 0 Å². The summed E-state index contributed by atoms with van der Waals surface area (Å²) in [6.07, 6.45) is -24.4. The molecule has 5 saturated heterocycles. The molecule has 0 amide bonds. The van der Waals surface area contributed by atoms with Gasteiger partial charge in [-0.15, -0.1) is 0 Å². The minimum atomic E-state index is -1.60. The summed E-state index contributed by atoms with van der Waals surface area (Å²) < 4.78 is 186. The van der Waals surface area contributed by atoms with Crippen LogP contribution in [0.25, 0.3) is 55.2 Å². The zero-order valence-electron chi connectivity index (χ0n) is 73.2. The molecule has 5 aromatic carbocycles. The number of aliphatic hydroxyl groups excluding tert-OH is 15. The van der Waals surface area contributed by atoms with E-state index in [2.05, 4.69) is 72.4 Å². The first-order chi connectivity index (χ1) is 66.8. The van der Waals surface area contributed by atoms with Crippen molar-refractivity contribution in [1.29, 1.82) is 0 Å². The number of ether oxygens (including phenoxy) is 5. The first-order valence-electron chi connectivity index (χ1n) is 42.4. The second-order valence-corrected chi connectivity index (χ2v) is 35.4. The third-order valence-corrected chi connectivity index (χ3v) is 25.8. The van der Waals surface area contributed by atoms with E-state index in [0.717, 1.165) is 116 Å². The van der Waals surface area contributed by atoms with Crippen molar-refractivity contribution in [1.82, 2.24) is 72.7 Å². The van der Waals surface area contributed by atoms with Crippen LogP contribution in [0.5, 0.6) is 0 Å². The fourth-order valence-electron chi connectivity index (χ4n) is 17.2. The molecule has 0 unspecified atom stereocenters. The number of fused-ring (bicyclic) bond motifs is 5. The Bertz CT molecular complexity index is 6930. The normalized spacial score (nSPS) is 26.0. The van der Waals surface area contributed by atoms with Crippen LogP contribution in [-0.2, 0) is 23.7 Å². The quantitative estimate of drug-likeness (QED) is 0.0340. The standard InChI is InChI=1S/C19H19ClFN3O4.C18H17ClF2N4O4.C18H16F3N3O4.C18H16F2IN3O4.C17H15F3N4O4/c1-8-11-5-6-24(18(11)23-9(2)22-8)19-16(27)15(26)17(28-19)14(25)10-3-4-12(20)13(21)7-10;1-6-11-10(21)5-25(16(11)24-18(22)23-6)17-14(28)13(27)15(29-17)12(26)7-2-3-8(19)9(20)4-7;1-7-22-5-9-12(21)6-24(17(9)23-7)18-15(27)14(26)16(28-18)13(25)8-2-3-10(19)11(20)4-8;1-7-12-11(21)5-24(17(12)23-6-22-7)18-15(27)14(26)16(28-18)13(25)8-2-3-9(19)10(20)4-8;18-8-2-1-6(3-9(8)19)11(25)14-12(26)13(27)16(28-14)24-5-10(20)7-4-22-17(21)23-15(7)24/h3-7,14-17,19,25-27H,1-2H3;2-5,12-15,17,26-28H,1H3,(H2,22,23,24);2*2-6,13-16,18,25-27H,1H3;1-5,11-14,16,25-27H,(H2,21,22,23)/t14-,15+,16-,17-,19-;12-,13+,14-,15-,17-;2*13-,14+,15-,16-,18-;11-,12+,13-,14-,16-/m11111/s1. The summed E-state index contributed by atoms with van der Waals surface area (Å²) in [4.78, 5) is 40.7. The van der Waals surface area contributed by atoms with E-state index >= 15 is 0 Å². The van der Waals surface area contributed by atoms with Crippen LogP contribution in [0, 0.1) is 102 Å². The molecule has 746 valence electrons. The molecule has 141 heavy (non-hydrogen) atoms. The molecule has 51 heteroatoms. The van der Waals surface area contributed by atoms with Gasteiger partial charge in [0.05, 0.1) is 48.7 Å². The molecule has 25 atom stereocenters. The summed E-state index contributed by atoms with van der Waals surface area (Å²) >= 11 is 13.4. The lowest BCUT2D eigenvalue weighted by molar-refractivity contribution is -0.0850. The fraction of sp³-hybridized carbons (Fsp3) is 0.333. The van der Waals surface area contributed by atoms with Crippen molar-refractivity contribution in [3.63, 3.8) is 0 Å². The average molecular weight is 2130 g/mol. The van der Waals surface area contributed by atoms with Gasteiger partial charge in [0, 0.05) is 52.3 Å². The van der Waals surface area contributed by atoms with Gasteiger partial charge in [0.1, 0.15) is 169 Å². The SMILES string of the molecule is Cc1nc(C)c2ccn([C@@H]3O[C@H]([C@H](O)c4ccc(Cl)c(F)c4)[C@@H](O)[C@H]3O)c2n1.Cc1nc(N)nc2c1c(F)cn2[C@@H]1O[C@H]([C@H](O)c2ccc(Cl)c(F)c2)[C@@H](O)[C@H]1O.Cc1ncc2c(F)cn([C@@H]3O[C@H]([C@H](O)c4ccc(F)c(F)c4)[C@@H](O)[C@H]3O)c2n1.Cc1ncnc2c1c(I)cn2[C@@H]1O[C@H]([C@H](O)c2ccc(F)c(F)c2)[C@@H](O)[C@H]1O.Nc1ncc2c(F)cn([C@@H]3O[C@H]([C@H](O)c4ccc(F)c(F)c4)[C@@H](O)[C@H]3O)c2n1. The Hall–Kier alpha value is -11.5. The highest BCUT2D eigenvalue weighted by molar-refractivity contribution is 14.1. The highest BCUT2D eigenvalue weighted by Gasteiger charge is 2.54. The van der Waals surface area contributed by atoms with Gasteiger partial charge in [-0.3, -0.25) is 0 Å². The molecule has 19 N–H and O–H groups in total. The molecule has 15 heterocycles. The molecule has 20 rings (SSSR count). The number of nitrogen functional groups attached to an aromatic ring is 2. The predicted molar refractivity (Wildman–Crippen MR) is 479 cm³/mol. The molecular weight excluding hydrogens is 2050 g/mol. The van der Waals surface area contributed by atoms with E-state index in [1.54, 1.807) is 48.4 Å². The Morgan fingerprint density at radius 3 is 1.06 bits per heavy atom. The first kappa shape index (κ1) is 102. The third-order valence-electron chi connectivity index (χ3n) is 24.4. The van der Waals surface area contributed by atoms with Crippen LogP contribution in [0.3, 0.4) is 0 Å². The topological polar surface area (TPSA) is 555 Å². The van der Waals surface area contributed by atoms with Gasteiger partial charge < -0.3 is 135 Å². The number of hydrogen-bond acceptors (Lipinski definition) is 32. The number of benzene rings is 5. The van der Waals surface area contributed by atoms with E-state index in [9.17, 15) is 125 Å². The van der Waals surface area contributed by atoms with E-state index in [1.165, 1.54) is 52.0 Å². The lowest BCUT2D eigenvalue weighted by Gasteiger charge is -2.21. The molecular formula is C90H83Cl2F11IN17O20. The molecule has 10 aromatic heterocycles. The Morgan fingerprint density at radius 2 is 0.652 bits per heavy atom. The molecule has 5 aliphatic rings. The summed E-state index contributed by atoms with van der Waals surface area (Å²) in [5.41, 5.74) is 14.5. The van der Waals surface area contributed by atoms with Crippen LogP contribution in [-0.4, -0.2) is 241 Å². The van der Waals surface area contributed by atoms with Gasteiger partial charge in [-0.25, -0.2) is 88.2 Å². The average Bonchev–Trinajstić information content (AvgIpc) is 1.61. The molecule has 15 aromatic rings. The lowest BCUT2D eigenvalue weighted by atomic mass is 9.99. The predicted octanol–water partition coefficient (Wildman–Crippen LogP) is 8.07. The Morgan fingerprint density at radius 1 is 0.312 bits per heavy atom. The highest BCUT2D eigenvalue weighted by atomic mass is 127. The smallest absolute Gasteiger partial charge is 0.222 e. The van der Waals surface area contributed by atoms with Crippen LogP contribution < -0.4 is 11.5 Å². The maximum absolute atomic E-state index is 14.4. The summed E-state index contributed by atoms with van der Waals surface area (Å²) in [5.74, 6) is -9.52. The van der Waals surface area contributed by atoms with E-state index < -0.39 is 217 Å². The monoisotopic (exact) mass is 2130 g/mol. The van der Waals surface area contributed by atoms with Crippen molar-refractivity contribution in [3.05, 3.63) is 281 Å². The Labute approximate surface area is 809 Å². The first-order valence-corrected chi connectivity index (χ1v) is 44.3. The second kappa shape index (κ2) is 41.1. The maximum atomic E-state index is 14.4. The van der Waals surface area contributed by atoms with Crippen molar-refractivity contribution in [2.45, 2.75) is 188 Å². The van der Waals surface area contributed by atoms with Gasteiger partial charge in [0.15, 0.2) is 94.8 Å². The minimum absolute atomic E-state index is 0.0177. The number of aryl methyl sites for hydroxylation is 5. The molecule has 0 radical (unpaired) electrons. The van der Waals surface area contributed by atoms with Crippen molar-refractivity contribution in [2.75, 3.05) is 11.5 Å². The van der Waals surface area contributed by atoms with Crippen LogP contribution in [0.1, 0.15) is 118 Å². The van der Waals surface area contributed by atoms with Gasteiger partial charge in [-0.1, -0.05) is 53.5 Å². The second-order valence-electron chi connectivity index (χ2n) is 33.5. The number of nitrogens with two attached hydrogens (primary N) is 2. The van der Waals surface area contributed by atoms with Gasteiger partial charge in [0.25, 0.3) is 0 Å². The Balaban J connectivity index is 0.000000127.